The molecule has 4 heterocycles. The van der Waals surface area contributed by atoms with Crippen LogP contribution in [0.1, 0.15) is 34.9 Å². The van der Waals surface area contributed by atoms with Gasteiger partial charge in [0.15, 0.2) is 5.72 Å². The second-order valence-corrected chi connectivity index (χ2v) is 7.42. The van der Waals surface area contributed by atoms with E-state index in [1.54, 1.807) is 17.0 Å². The van der Waals surface area contributed by atoms with Crippen molar-refractivity contribution in [3.63, 3.8) is 0 Å². The third-order valence-electron chi connectivity index (χ3n) is 6.05. The molecule has 3 saturated heterocycles. The van der Waals surface area contributed by atoms with Gasteiger partial charge in [0, 0.05) is 25.2 Å². The highest BCUT2D eigenvalue weighted by molar-refractivity contribution is 5.95. The summed E-state index contributed by atoms with van der Waals surface area (Å²) in [6.45, 7) is 1.09. The molecule has 0 unspecified atom stereocenters. The fourth-order valence-electron chi connectivity index (χ4n) is 4.70. The lowest BCUT2D eigenvalue weighted by atomic mass is 10.1. The molecule has 28 heavy (non-hydrogen) atoms. The fraction of sp³-hybridized carbons (Fsp3) is 0.381. The van der Waals surface area contributed by atoms with Gasteiger partial charge in [0.1, 0.15) is 6.10 Å². The predicted molar refractivity (Wildman–Crippen MR) is 99.6 cm³/mol. The zero-order valence-corrected chi connectivity index (χ0v) is 15.6. The highest BCUT2D eigenvalue weighted by Gasteiger charge is 2.65. The highest BCUT2D eigenvalue weighted by Crippen LogP contribution is 2.50. The molecule has 1 aromatic carbocycles. The van der Waals surface area contributed by atoms with Crippen molar-refractivity contribution >= 4 is 11.8 Å². The molecule has 1 spiro atoms. The number of hydrogen-bond acceptors (Lipinski definition) is 5. The molecule has 0 bridgehead atoms. The molecule has 0 aliphatic carbocycles. The third kappa shape index (κ3) is 2.43. The standard InChI is InChI=1S/C21H21N3O4/c1-27-18-8-7-15(12-22-18)20(26)23-10-9-21-17(23)11-19(25)24(21)13-16(28-21)14-5-3-2-4-6-14/h2-8,12,16-17H,9-11,13H2,1H3/t16-,17-,21+/m1/s1. The minimum absolute atomic E-state index is 0.0498. The summed E-state index contributed by atoms with van der Waals surface area (Å²) in [5.74, 6) is 0.383. The molecular weight excluding hydrogens is 358 g/mol. The van der Waals surface area contributed by atoms with E-state index < -0.39 is 5.72 Å². The monoisotopic (exact) mass is 379 g/mol. The molecule has 7 nitrogen and oxygen atoms in total. The van der Waals surface area contributed by atoms with Gasteiger partial charge < -0.3 is 19.3 Å². The lowest BCUT2D eigenvalue weighted by Crippen LogP contribution is -2.48. The first-order valence-corrected chi connectivity index (χ1v) is 9.46. The van der Waals surface area contributed by atoms with Gasteiger partial charge in [-0.05, 0) is 11.6 Å². The van der Waals surface area contributed by atoms with Crippen molar-refractivity contribution in [2.45, 2.75) is 30.7 Å². The summed E-state index contributed by atoms with van der Waals surface area (Å²) in [6, 6.07) is 13.0. The Bertz CT molecular complexity index is 917. The van der Waals surface area contributed by atoms with E-state index in [-0.39, 0.29) is 24.0 Å². The molecule has 2 aromatic rings. The maximum atomic E-state index is 13.1. The van der Waals surface area contributed by atoms with Crippen molar-refractivity contribution in [2.75, 3.05) is 20.2 Å². The van der Waals surface area contributed by atoms with Gasteiger partial charge >= 0.3 is 0 Å². The van der Waals surface area contributed by atoms with Crippen molar-refractivity contribution in [3.05, 3.63) is 59.8 Å². The Morgan fingerprint density at radius 3 is 2.79 bits per heavy atom. The second kappa shape index (κ2) is 6.31. The molecule has 0 saturated carbocycles. The molecule has 3 aliphatic heterocycles. The van der Waals surface area contributed by atoms with Crippen LogP contribution < -0.4 is 4.74 Å². The Hall–Kier alpha value is -2.93. The van der Waals surface area contributed by atoms with Crippen LogP contribution >= 0.6 is 0 Å². The number of benzene rings is 1. The third-order valence-corrected chi connectivity index (χ3v) is 6.05. The number of hydrogen-bond donors (Lipinski definition) is 0. The SMILES string of the molecule is COc1ccc(C(=O)N2CC[C@@]34O[C@@H](c5ccccc5)CN3C(=O)C[C@@H]24)cn1. The van der Waals surface area contributed by atoms with E-state index >= 15 is 0 Å². The highest BCUT2D eigenvalue weighted by atomic mass is 16.5. The maximum absolute atomic E-state index is 13.1. The van der Waals surface area contributed by atoms with Crippen LogP contribution in [0.5, 0.6) is 5.88 Å². The van der Waals surface area contributed by atoms with Crippen LogP contribution in [0.25, 0.3) is 0 Å². The number of pyridine rings is 1. The molecular formula is C21H21N3O4. The summed E-state index contributed by atoms with van der Waals surface area (Å²) in [5, 5.41) is 0. The maximum Gasteiger partial charge on any atom is 0.255 e. The minimum atomic E-state index is -0.715. The van der Waals surface area contributed by atoms with Crippen molar-refractivity contribution in [3.8, 4) is 5.88 Å². The summed E-state index contributed by atoms with van der Waals surface area (Å²) in [4.78, 5) is 33.5. The number of methoxy groups -OCH3 is 1. The summed E-state index contributed by atoms with van der Waals surface area (Å²) >= 11 is 0. The van der Waals surface area contributed by atoms with E-state index in [0.717, 1.165) is 5.56 Å². The van der Waals surface area contributed by atoms with Crippen LogP contribution in [0.3, 0.4) is 0 Å². The van der Waals surface area contributed by atoms with Crippen molar-refractivity contribution in [1.82, 2.24) is 14.8 Å². The van der Waals surface area contributed by atoms with Gasteiger partial charge in [-0.15, -0.1) is 0 Å². The Morgan fingerprint density at radius 1 is 1.25 bits per heavy atom. The van der Waals surface area contributed by atoms with Gasteiger partial charge in [0.2, 0.25) is 11.8 Å². The van der Waals surface area contributed by atoms with Crippen LogP contribution in [0, 0.1) is 0 Å². The first kappa shape index (κ1) is 17.2. The van der Waals surface area contributed by atoms with Gasteiger partial charge in [-0.1, -0.05) is 30.3 Å². The topological polar surface area (TPSA) is 72.0 Å². The van der Waals surface area contributed by atoms with E-state index in [0.29, 0.717) is 37.4 Å². The largest absolute Gasteiger partial charge is 0.481 e. The lowest BCUT2D eigenvalue weighted by molar-refractivity contribution is -0.138. The number of nitrogens with zero attached hydrogens (tertiary/aromatic N) is 3. The zero-order valence-electron chi connectivity index (χ0n) is 15.6. The number of likely N-dealkylation sites (tertiary alicyclic amines) is 1. The van der Waals surface area contributed by atoms with Crippen LogP contribution in [0.2, 0.25) is 0 Å². The predicted octanol–water partition coefficient (Wildman–Crippen LogP) is 2.00. The molecule has 3 atom stereocenters. The molecule has 1 aromatic heterocycles. The molecule has 7 heteroatoms. The van der Waals surface area contributed by atoms with E-state index in [1.165, 1.54) is 13.3 Å². The molecule has 5 rings (SSSR count). The normalized spacial score (nSPS) is 28.4. The first-order chi connectivity index (χ1) is 13.6. The Balaban J connectivity index is 1.42. The zero-order chi connectivity index (χ0) is 19.3. The quantitative estimate of drug-likeness (QED) is 0.816. The number of aromatic nitrogens is 1. The van der Waals surface area contributed by atoms with Crippen LogP contribution in [0.15, 0.2) is 48.7 Å². The van der Waals surface area contributed by atoms with Crippen molar-refractivity contribution in [1.29, 1.82) is 0 Å². The molecule has 144 valence electrons. The second-order valence-electron chi connectivity index (χ2n) is 7.42. The summed E-state index contributed by atoms with van der Waals surface area (Å²) < 4.78 is 11.5. The van der Waals surface area contributed by atoms with Gasteiger partial charge in [-0.2, -0.15) is 0 Å². The van der Waals surface area contributed by atoms with Crippen molar-refractivity contribution in [2.24, 2.45) is 0 Å². The van der Waals surface area contributed by atoms with Crippen molar-refractivity contribution < 1.29 is 19.1 Å². The molecule has 0 N–H and O–H groups in total. The Labute approximate surface area is 162 Å². The Morgan fingerprint density at radius 2 is 2.07 bits per heavy atom. The van der Waals surface area contributed by atoms with E-state index in [2.05, 4.69) is 4.98 Å². The van der Waals surface area contributed by atoms with Crippen LogP contribution in [-0.4, -0.2) is 58.6 Å². The molecule has 3 aliphatic rings. The number of ether oxygens (including phenoxy) is 2. The van der Waals surface area contributed by atoms with E-state index in [4.69, 9.17) is 9.47 Å². The molecule has 2 amide bonds. The van der Waals surface area contributed by atoms with Gasteiger partial charge in [0.25, 0.3) is 5.91 Å². The number of amides is 2. The molecule has 0 radical (unpaired) electrons. The van der Waals surface area contributed by atoms with Gasteiger partial charge in [-0.3, -0.25) is 9.59 Å². The molecule has 3 fully saturated rings. The smallest absolute Gasteiger partial charge is 0.255 e. The number of carbonyl (C=O) groups is 2. The number of rotatable bonds is 3. The Kier molecular flexibility index (Phi) is 3.87. The average molecular weight is 379 g/mol. The van der Waals surface area contributed by atoms with Gasteiger partial charge in [-0.25, -0.2) is 4.98 Å². The summed E-state index contributed by atoms with van der Waals surface area (Å²) in [7, 11) is 1.54. The average Bonchev–Trinajstić information content (AvgIpc) is 3.37. The minimum Gasteiger partial charge on any atom is -0.481 e. The fourth-order valence-corrected chi connectivity index (χ4v) is 4.70. The van der Waals surface area contributed by atoms with Gasteiger partial charge in [0.05, 0.1) is 31.7 Å². The summed E-state index contributed by atoms with van der Waals surface area (Å²) in [6.07, 6.45) is 2.28. The lowest BCUT2D eigenvalue weighted by Gasteiger charge is -2.32. The first-order valence-electron chi connectivity index (χ1n) is 9.46. The van der Waals surface area contributed by atoms with E-state index in [1.807, 2.05) is 35.2 Å². The number of carbonyl (C=O) groups excluding carboxylic acids is 2. The summed E-state index contributed by atoms with van der Waals surface area (Å²) in [5.41, 5.74) is 0.830. The van der Waals surface area contributed by atoms with Crippen LogP contribution in [0.4, 0.5) is 0 Å². The van der Waals surface area contributed by atoms with E-state index in [9.17, 15) is 9.59 Å². The van der Waals surface area contributed by atoms with Crippen LogP contribution in [-0.2, 0) is 9.53 Å².